The van der Waals surface area contributed by atoms with E-state index in [1.807, 2.05) is 17.9 Å². The number of aryl methyl sites for hydroxylation is 1. The number of aromatic nitrogens is 2. The molecular formula is C15H22N4. The second kappa shape index (κ2) is 6.38. The third-order valence-electron chi connectivity index (χ3n) is 3.35. The zero-order valence-corrected chi connectivity index (χ0v) is 11.7. The van der Waals surface area contributed by atoms with Crippen molar-refractivity contribution in [1.82, 2.24) is 9.78 Å². The van der Waals surface area contributed by atoms with E-state index in [9.17, 15) is 0 Å². The SMILES string of the molecule is CCN(CCc1cnn(C)c1)c1ccc(CN)cc1. The van der Waals surface area contributed by atoms with Gasteiger partial charge in [0.25, 0.3) is 0 Å². The van der Waals surface area contributed by atoms with Gasteiger partial charge in [0.15, 0.2) is 0 Å². The van der Waals surface area contributed by atoms with Crippen LogP contribution in [0.15, 0.2) is 36.7 Å². The number of nitrogens with zero attached hydrogens (tertiary/aromatic N) is 3. The van der Waals surface area contributed by atoms with Crippen LogP contribution in [-0.2, 0) is 20.0 Å². The van der Waals surface area contributed by atoms with Gasteiger partial charge in [-0.1, -0.05) is 12.1 Å². The van der Waals surface area contributed by atoms with E-state index < -0.39 is 0 Å². The first kappa shape index (κ1) is 13.6. The summed E-state index contributed by atoms with van der Waals surface area (Å²) in [6, 6.07) is 8.49. The maximum absolute atomic E-state index is 5.62. The summed E-state index contributed by atoms with van der Waals surface area (Å²) in [6.45, 7) is 4.79. The quantitative estimate of drug-likeness (QED) is 0.861. The standard InChI is InChI=1S/C15H22N4/c1-3-19(9-8-14-11-17-18(2)12-14)15-6-4-13(10-16)5-7-15/h4-7,11-12H,3,8-10,16H2,1-2H3. The lowest BCUT2D eigenvalue weighted by atomic mass is 10.2. The number of nitrogens with two attached hydrogens (primary N) is 1. The Bertz CT molecular complexity index is 501. The van der Waals surface area contributed by atoms with E-state index in [1.165, 1.54) is 16.8 Å². The van der Waals surface area contributed by atoms with Crippen molar-refractivity contribution in [1.29, 1.82) is 0 Å². The number of hydrogen-bond donors (Lipinski definition) is 1. The number of hydrogen-bond acceptors (Lipinski definition) is 3. The molecular weight excluding hydrogens is 236 g/mol. The van der Waals surface area contributed by atoms with Crippen molar-refractivity contribution in [3.05, 3.63) is 47.8 Å². The molecule has 0 fully saturated rings. The van der Waals surface area contributed by atoms with Gasteiger partial charge in [-0.05, 0) is 36.6 Å². The largest absolute Gasteiger partial charge is 0.371 e. The average Bonchev–Trinajstić information content (AvgIpc) is 2.86. The van der Waals surface area contributed by atoms with Crippen molar-refractivity contribution in [3.8, 4) is 0 Å². The fourth-order valence-corrected chi connectivity index (χ4v) is 2.18. The molecule has 0 amide bonds. The van der Waals surface area contributed by atoms with E-state index in [0.29, 0.717) is 6.54 Å². The van der Waals surface area contributed by atoms with E-state index in [0.717, 1.165) is 19.5 Å². The van der Waals surface area contributed by atoms with Crippen LogP contribution in [0.3, 0.4) is 0 Å². The Hall–Kier alpha value is -1.81. The molecule has 102 valence electrons. The highest BCUT2D eigenvalue weighted by molar-refractivity contribution is 5.47. The van der Waals surface area contributed by atoms with Gasteiger partial charge >= 0.3 is 0 Å². The van der Waals surface area contributed by atoms with Crippen molar-refractivity contribution in [3.63, 3.8) is 0 Å². The summed E-state index contributed by atoms with van der Waals surface area (Å²) in [5.74, 6) is 0. The Balaban J connectivity index is 1.98. The minimum Gasteiger partial charge on any atom is -0.371 e. The first-order valence-electron chi connectivity index (χ1n) is 6.74. The van der Waals surface area contributed by atoms with Gasteiger partial charge in [-0.3, -0.25) is 4.68 Å². The van der Waals surface area contributed by atoms with Crippen LogP contribution in [0.5, 0.6) is 0 Å². The van der Waals surface area contributed by atoms with Crippen LogP contribution < -0.4 is 10.6 Å². The Labute approximate surface area is 114 Å². The summed E-state index contributed by atoms with van der Waals surface area (Å²) in [4.78, 5) is 2.37. The number of likely N-dealkylation sites (N-methyl/N-ethyl adjacent to an activating group) is 1. The Morgan fingerprint density at radius 3 is 2.47 bits per heavy atom. The van der Waals surface area contributed by atoms with Crippen molar-refractivity contribution >= 4 is 5.69 Å². The van der Waals surface area contributed by atoms with Crippen molar-refractivity contribution in [2.75, 3.05) is 18.0 Å². The van der Waals surface area contributed by atoms with Crippen LogP contribution >= 0.6 is 0 Å². The van der Waals surface area contributed by atoms with E-state index in [4.69, 9.17) is 5.73 Å². The van der Waals surface area contributed by atoms with Crippen molar-refractivity contribution in [2.45, 2.75) is 19.9 Å². The number of rotatable bonds is 6. The van der Waals surface area contributed by atoms with Crippen LogP contribution in [0.4, 0.5) is 5.69 Å². The number of benzene rings is 1. The zero-order chi connectivity index (χ0) is 13.7. The molecule has 1 aromatic heterocycles. The fraction of sp³-hybridized carbons (Fsp3) is 0.400. The molecule has 19 heavy (non-hydrogen) atoms. The van der Waals surface area contributed by atoms with Crippen LogP contribution in [0.1, 0.15) is 18.1 Å². The summed E-state index contributed by atoms with van der Waals surface area (Å²) in [5, 5.41) is 4.20. The maximum atomic E-state index is 5.62. The van der Waals surface area contributed by atoms with Gasteiger partial charge in [0, 0.05) is 38.6 Å². The van der Waals surface area contributed by atoms with Crippen molar-refractivity contribution in [2.24, 2.45) is 12.8 Å². The highest BCUT2D eigenvalue weighted by Gasteiger charge is 2.05. The van der Waals surface area contributed by atoms with E-state index in [-0.39, 0.29) is 0 Å². The van der Waals surface area contributed by atoms with E-state index in [2.05, 4.69) is 47.4 Å². The van der Waals surface area contributed by atoms with Crippen LogP contribution in [-0.4, -0.2) is 22.9 Å². The van der Waals surface area contributed by atoms with Crippen LogP contribution in [0.2, 0.25) is 0 Å². The molecule has 0 unspecified atom stereocenters. The van der Waals surface area contributed by atoms with Crippen LogP contribution in [0, 0.1) is 0 Å². The molecule has 0 saturated heterocycles. The molecule has 1 aromatic carbocycles. The molecule has 0 bridgehead atoms. The van der Waals surface area contributed by atoms with Gasteiger partial charge in [-0.2, -0.15) is 5.10 Å². The Morgan fingerprint density at radius 1 is 1.21 bits per heavy atom. The molecule has 2 N–H and O–H groups in total. The first-order valence-corrected chi connectivity index (χ1v) is 6.74. The molecule has 0 aliphatic rings. The Morgan fingerprint density at radius 2 is 1.95 bits per heavy atom. The topological polar surface area (TPSA) is 47.1 Å². The summed E-state index contributed by atoms with van der Waals surface area (Å²) < 4.78 is 1.85. The molecule has 0 spiro atoms. The van der Waals surface area contributed by atoms with Gasteiger partial charge in [0.05, 0.1) is 6.20 Å². The van der Waals surface area contributed by atoms with Gasteiger partial charge in [-0.15, -0.1) is 0 Å². The monoisotopic (exact) mass is 258 g/mol. The van der Waals surface area contributed by atoms with Gasteiger partial charge in [-0.25, -0.2) is 0 Å². The van der Waals surface area contributed by atoms with Crippen LogP contribution in [0.25, 0.3) is 0 Å². The summed E-state index contributed by atoms with van der Waals surface area (Å²) in [7, 11) is 1.95. The molecule has 0 aliphatic heterocycles. The zero-order valence-electron chi connectivity index (χ0n) is 11.7. The van der Waals surface area contributed by atoms with E-state index in [1.54, 1.807) is 0 Å². The Kier molecular flexibility index (Phi) is 4.58. The van der Waals surface area contributed by atoms with Gasteiger partial charge < -0.3 is 10.6 Å². The summed E-state index contributed by atoms with van der Waals surface area (Å²) in [5.41, 5.74) is 9.33. The fourth-order valence-electron chi connectivity index (χ4n) is 2.18. The molecule has 0 radical (unpaired) electrons. The second-order valence-corrected chi connectivity index (χ2v) is 4.72. The lowest BCUT2D eigenvalue weighted by molar-refractivity contribution is 0.765. The maximum Gasteiger partial charge on any atom is 0.0522 e. The third kappa shape index (κ3) is 3.58. The lowest BCUT2D eigenvalue weighted by Crippen LogP contribution is -2.25. The molecule has 4 heteroatoms. The molecule has 2 aromatic rings. The summed E-state index contributed by atoms with van der Waals surface area (Å²) in [6.07, 6.45) is 5.02. The highest BCUT2D eigenvalue weighted by atomic mass is 15.2. The molecule has 4 nitrogen and oxygen atoms in total. The van der Waals surface area contributed by atoms with E-state index >= 15 is 0 Å². The molecule has 0 aliphatic carbocycles. The average molecular weight is 258 g/mol. The molecule has 1 heterocycles. The summed E-state index contributed by atoms with van der Waals surface area (Å²) >= 11 is 0. The molecule has 2 rings (SSSR count). The smallest absolute Gasteiger partial charge is 0.0522 e. The predicted molar refractivity (Wildman–Crippen MR) is 79.1 cm³/mol. The second-order valence-electron chi connectivity index (χ2n) is 4.72. The third-order valence-corrected chi connectivity index (χ3v) is 3.35. The predicted octanol–water partition coefficient (Wildman–Crippen LogP) is 1.95. The molecule has 0 saturated carbocycles. The normalized spacial score (nSPS) is 10.7. The first-order chi connectivity index (χ1) is 9.22. The minimum absolute atomic E-state index is 0.599. The number of anilines is 1. The minimum atomic E-state index is 0.599. The van der Waals surface area contributed by atoms with Crippen molar-refractivity contribution < 1.29 is 0 Å². The highest BCUT2D eigenvalue weighted by Crippen LogP contribution is 2.15. The molecule has 0 atom stereocenters. The van der Waals surface area contributed by atoms with Gasteiger partial charge in [0.2, 0.25) is 0 Å². The lowest BCUT2D eigenvalue weighted by Gasteiger charge is -2.23. The van der Waals surface area contributed by atoms with Gasteiger partial charge in [0.1, 0.15) is 0 Å².